The largest absolute Gasteiger partial charge is 0.493 e. The van der Waals surface area contributed by atoms with E-state index in [1.54, 1.807) is 37.9 Å². The second-order valence-corrected chi connectivity index (χ2v) is 11.1. The molecule has 0 radical (unpaired) electrons. The molecule has 194 valence electrons. The summed E-state index contributed by atoms with van der Waals surface area (Å²) in [4.78, 5) is 33.6. The summed E-state index contributed by atoms with van der Waals surface area (Å²) in [7, 11) is 3.12. The molecule has 0 fully saturated rings. The highest BCUT2D eigenvalue weighted by atomic mass is 79.9. The lowest BCUT2D eigenvalue weighted by Crippen LogP contribution is -2.39. The Hall–Kier alpha value is -3.47. The number of benzene rings is 2. The molecule has 10 heteroatoms. The lowest BCUT2D eigenvalue weighted by Gasteiger charge is -2.24. The van der Waals surface area contributed by atoms with Crippen LogP contribution in [-0.2, 0) is 9.53 Å². The van der Waals surface area contributed by atoms with E-state index in [-0.39, 0.29) is 12.2 Å². The van der Waals surface area contributed by atoms with E-state index in [1.165, 1.54) is 22.7 Å². The average molecular weight is 612 g/mol. The van der Waals surface area contributed by atoms with Crippen molar-refractivity contribution in [1.82, 2.24) is 4.57 Å². The molecule has 5 rings (SSSR count). The fourth-order valence-electron chi connectivity index (χ4n) is 4.36. The number of rotatable bonds is 7. The predicted molar refractivity (Wildman–Crippen MR) is 153 cm³/mol. The second kappa shape index (κ2) is 11.1. The summed E-state index contributed by atoms with van der Waals surface area (Å²) >= 11 is 6.23. The van der Waals surface area contributed by atoms with Crippen LogP contribution in [0.4, 0.5) is 0 Å². The van der Waals surface area contributed by atoms with Crippen LogP contribution < -0.4 is 24.4 Å². The van der Waals surface area contributed by atoms with Crippen LogP contribution in [0.15, 0.2) is 79.8 Å². The SMILES string of the molecule is CCOC(=O)C1=C(c2ccccc2)N=c2s/c(=C\c3cc(Br)cc(OC)c3OC)c(=O)n2C1c1cccs1. The van der Waals surface area contributed by atoms with E-state index in [1.807, 2.05) is 53.9 Å². The normalized spacial score (nSPS) is 15.2. The van der Waals surface area contributed by atoms with Gasteiger partial charge in [-0.1, -0.05) is 63.7 Å². The maximum Gasteiger partial charge on any atom is 0.338 e. The zero-order chi connectivity index (χ0) is 26.8. The molecule has 1 unspecified atom stereocenters. The Bertz CT molecular complexity index is 1710. The summed E-state index contributed by atoms with van der Waals surface area (Å²) in [6.45, 7) is 1.96. The van der Waals surface area contributed by atoms with Gasteiger partial charge in [0.15, 0.2) is 16.3 Å². The minimum Gasteiger partial charge on any atom is -0.493 e. The van der Waals surface area contributed by atoms with Crippen LogP contribution in [-0.4, -0.2) is 31.4 Å². The fourth-order valence-corrected chi connectivity index (χ4v) is 6.63. The van der Waals surface area contributed by atoms with Gasteiger partial charge < -0.3 is 14.2 Å². The molecule has 0 amide bonds. The van der Waals surface area contributed by atoms with E-state index in [2.05, 4.69) is 15.9 Å². The number of aromatic nitrogens is 1. The number of esters is 1. The van der Waals surface area contributed by atoms with Crippen molar-refractivity contribution in [2.75, 3.05) is 20.8 Å². The summed E-state index contributed by atoms with van der Waals surface area (Å²) in [6.07, 6.45) is 1.76. The van der Waals surface area contributed by atoms with E-state index in [0.717, 1.165) is 14.9 Å². The Labute approximate surface area is 235 Å². The minimum absolute atomic E-state index is 0.205. The highest BCUT2D eigenvalue weighted by Gasteiger charge is 2.35. The van der Waals surface area contributed by atoms with Crippen molar-refractivity contribution >= 4 is 56.3 Å². The van der Waals surface area contributed by atoms with Crippen LogP contribution in [0.2, 0.25) is 0 Å². The standard InChI is InChI=1S/C28H23BrN2O5S2/c1-4-36-27(33)22-23(16-9-6-5-7-10-16)30-28-31(24(22)20-11-8-12-37-20)26(32)21(38-28)14-17-13-18(29)15-19(34-2)25(17)35-3/h5-15,24H,4H2,1-3H3/b21-14-. The van der Waals surface area contributed by atoms with Crippen molar-refractivity contribution in [3.8, 4) is 11.5 Å². The molecule has 2 aromatic heterocycles. The molecule has 3 heterocycles. The fraction of sp³-hybridized carbons (Fsp3) is 0.179. The quantitative estimate of drug-likeness (QED) is 0.281. The zero-order valence-corrected chi connectivity index (χ0v) is 24.0. The van der Waals surface area contributed by atoms with E-state index < -0.39 is 12.0 Å². The van der Waals surface area contributed by atoms with Gasteiger partial charge in [-0.2, -0.15) is 0 Å². The first-order chi connectivity index (χ1) is 18.5. The first-order valence-corrected chi connectivity index (χ1v) is 14.2. The molecule has 1 atom stereocenters. The van der Waals surface area contributed by atoms with Crippen LogP contribution in [0.25, 0.3) is 11.8 Å². The number of thiazole rings is 1. The van der Waals surface area contributed by atoms with Gasteiger partial charge in [0.1, 0.15) is 6.04 Å². The highest BCUT2D eigenvalue weighted by molar-refractivity contribution is 9.10. The van der Waals surface area contributed by atoms with E-state index >= 15 is 0 Å². The molecule has 1 aliphatic rings. The minimum atomic E-state index is -0.679. The Morgan fingerprint density at radius 1 is 1.13 bits per heavy atom. The first kappa shape index (κ1) is 26.1. The maximum atomic E-state index is 14.0. The van der Waals surface area contributed by atoms with Gasteiger partial charge >= 0.3 is 5.97 Å². The number of methoxy groups -OCH3 is 2. The Morgan fingerprint density at radius 2 is 1.92 bits per heavy atom. The molecule has 2 aromatic carbocycles. The lowest BCUT2D eigenvalue weighted by atomic mass is 9.97. The van der Waals surface area contributed by atoms with Crippen molar-refractivity contribution < 1.29 is 19.0 Å². The number of hydrogen-bond acceptors (Lipinski definition) is 8. The number of halogens is 1. The van der Waals surface area contributed by atoms with Crippen molar-refractivity contribution in [3.63, 3.8) is 0 Å². The third-order valence-corrected chi connectivity index (χ3v) is 8.31. The van der Waals surface area contributed by atoms with Crippen LogP contribution >= 0.6 is 38.6 Å². The number of nitrogens with zero attached hydrogens (tertiary/aromatic N) is 2. The van der Waals surface area contributed by atoms with Gasteiger partial charge in [0, 0.05) is 20.5 Å². The van der Waals surface area contributed by atoms with Crippen molar-refractivity contribution in [2.45, 2.75) is 13.0 Å². The van der Waals surface area contributed by atoms with Crippen LogP contribution in [0, 0.1) is 0 Å². The molecule has 4 aromatic rings. The lowest BCUT2D eigenvalue weighted by molar-refractivity contribution is -0.138. The second-order valence-electron chi connectivity index (χ2n) is 8.18. The average Bonchev–Trinajstić information content (AvgIpc) is 3.56. The van der Waals surface area contributed by atoms with Gasteiger partial charge in [0.05, 0.1) is 36.6 Å². The summed E-state index contributed by atoms with van der Waals surface area (Å²) < 4.78 is 19.4. The molecular weight excluding hydrogens is 588 g/mol. The Kier molecular flexibility index (Phi) is 7.64. The van der Waals surface area contributed by atoms with Gasteiger partial charge in [-0.25, -0.2) is 9.79 Å². The number of ether oxygens (including phenoxy) is 3. The molecule has 1 aliphatic heterocycles. The van der Waals surface area contributed by atoms with E-state index in [4.69, 9.17) is 19.2 Å². The molecular formula is C28H23BrN2O5S2. The molecule has 0 saturated carbocycles. The molecule has 0 aliphatic carbocycles. The monoisotopic (exact) mass is 610 g/mol. The number of carbonyl (C=O) groups excluding carboxylic acids is 1. The van der Waals surface area contributed by atoms with Gasteiger partial charge in [-0.15, -0.1) is 11.3 Å². The molecule has 0 N–H and O–H groups in total. The van der Waals surface area contributed by atoms with Crippen LogP contribution in [0.1, 0.15) is 29.0 Å². The summed E-state index contributed by atoms with van der Waals surface area (Å²) in [6, 6.07) is 16.3. The molecule has 7 nitrogen and oxygen atoms in total. The first-order valence-electron chi connectivity index (χ1n) is 11.7. The number of thiophene rings is 1. The van der Waals surface area contributed by atoms with Gasteiger partial charge in [-0.3, -0.25) is 9.36 Å². The predicted octanol–water partition coefficient (Wildman–Crippen LogP) is 4.78. The Morgan fingerprint density at radius 3 is 2.58 bits per heavy atom. The van der Waals surface area contributed by atoms with Crippen molar-refractivity contribution in [2.24, 2.45) is 4.99 Å². The zero-order valence-electron chi connectivity index (χ0n) is 20.8. The van der Waals surface area contributed by atoms with E-state index in [9.17, 15) is 9.59 Å². The molecule has 0 bridgehead atoms. The molecule has 0 spiro atoms. The third-order valence-electron chi connectivity index (χ3n) is 5.95. The van der Waals surface area contributed by atoms with E-state index in [0.29, 0.717) is 37.7 Å². The summed E-state index contributed by atoms with van der Waals surface area (Å²) in [5.74, 6) is 0.544. The summed E-state index contributed by atoms with van der Waals surface area (Å²) in [5.41, 5.74) is 2.01. The van der Waals surface area contributed by atoms with Crippen molar-refractivity contribution in [3.05, 3.63) is 106 Å². The number of hydrogen-bond donors (Lipinski definition) is 0. The van der Waals surface area contributed by atoms with Gasteiger partial charge in [0.2, 0.25) is 0 Å². The smallest absolute Gasteiger partial charge is 0.338 e. The highest BCUT2D eigenvalue weighted by Crippen LogP contribution is 2.37. The van der Waals surface area contributed by atoms with Gasteiger partial charge in [-0.05, 0) is 36.6 Å². The summed E-state index contributed by atoms with van der Waals surface area (Å²) in [5, 5.41) is 1.93. The molecule has 38 heavy (non-hydrogen) atoms. The third kappa shape index (κ3) is 4.75. The van der Waals surface area contributed by atoms with Crippen LogP contribution in [0.3, 0.4) is 0 Å². The number of fused-ring (bicyclic) bond motifs is 1. The molecule has 0 saturated heterocycles. The number of carbonyl (C=O) groups is 1. The van der Waals surface area contributed by atoms with Gasteiger partial charge in [0.25, 0.3) is 5.56 Å². The topological polar surface area (TPSA) is 79.1 Å². The van der Waals surface area contributed by atoms with Crippen LogP contribution in [0.5, 0.6) is 11.5 Å². The maximum absolute atomic E-state index is 14.0. The van der Waals surface area contributed by atoms with Crippen molar-refractivity contribution in [1.29, 1.82) is 0 Å². The Balaban J connectivity index is 1.82.